The fourth-order valence-corrected chi connectivity index (χ4v) is 1.49. The maximum atomic E-state index is 10.5. The lowest BCUT2D eigenvalue weighted by Gasteiger charge is -2.09. The summed E-state index contributed by atoms with van der Waals surface area (Å²) in [5, 5.41) is 10.5. The third-order valence-electron chi connectivity index (χ3n) is 2.68. The lowest BCUT2D eigenvalue weighted by molar-refractivity contribution is -0.384. The predicted molar refractivity (Wildman–Crippen MR) is 66.9 cm³/mol. The predicted octanol–water partition coefficient (Wildman–Crippen LogP) is 3.40. The van der Waals surface area contributed by atoms with Crippen LogP contribution in [0.25, 0.3) is 0 Å². The number of rotatable bonds is 3. The molecule has 0 saturated heterocycles. The van der Waals surface area contributed by atoms with E-state index in [9.17, 15) is 10.1 Å². The minimum Gasteiger partial charge on any atom is -0.457 e. The largest absolute Gasteiger partial charge is 0.457 e. The Morgan fingerprint density at radius 1 is 1.17 bits per heavy atom. The molecule has 0 radical (unpaired) electrons. The molecule has 5 nitrogen and oxygen atoms in total. The van der Waals surface area contributed by atoms with Gasteiger partial charge in [0.15, 0.2) is 0 Å². The van der Waals surface area contributed by atoms with Gasteiger partial charge in [-0.15, -0.1) is 0 Å². The molecule has 0 unspecified atom stereocenters. The van der Waals surface area contributed by atoms with E-state index in [0.29, 0.717) is 11.5 Å². The summed E-state index contributed by atoms with van der Waals surface area (Å²) < 4.78 is 5.66. The Balaban J connectivity index is 2.24. The molecule has 0 N–H and O–H groups in total. The maximum Gasteiger partial charge on any atom is 0.269 e. The van der Waals surface area contributed by atoms with Gasteiger partial charge < -0.3 is 4.74 Å². The fourth-order valence-electron chi connectivity index (χ4n) is 1.49. The molecule has 1 aromatic heterocycles. The van der Waals surface area contributed by atoms with Crippen LogP contribution in [0.3, 0.4) is 0 Å². The molecule has 0 amide bonds. The van der Waals surface area contributed by atoms with Gasteiger partial charge in [0.1, 0.15) is 11.5 Å². The molecule has 0 atom stereocenters. The second-order valence-corrected chi connectivity index (χ2v) is 3.87. The van der Waals surface area contributed by atoms with Crippen LogP contribution in [-0.2, 0) is 0 Å². The van der Waals surface area contributed by atoms with Crippen molar-refractivity contribution in [3.63, 3.8) is 0 Å². The van der Waals surface area contributed by atoms with Crippen LogP contribution >= 0.6 is 0 Å². The Hall–Kier alpha value is -2.43. The van der Waals surface area contributed by atoms with Crippen LogP contribution in [0.5, 0.6) is 11.5 Å². The Labute approximate surface area is 104 Å². The van der Waals surface area contributed by atoms with E-state index >= 15 is 0 Å². The zero-order chi connectivity index (χ0) is 13.1. The molecule has 0 aliphatic heterocycles. The standard InChI is InChI=1S/C13H12N2O3/c1-9-10(2)14-8-7-13(9)18-12-5-3-11(4-6-12)15(16)17/h3-8H,1-2H3. The van der Waals surface area contributed by atoms with E-state index in [1.54, 1.807) is 24.4 Å². The summed E-state index contributed by atoms with van der Waals surface area (Å²) in [7, 11) is 0. The molecule has 1 aromatic carbocycles. The minimum absolute atomic E-state index is 0.0463. The lowest BCUT2D eigenvalue weighted by atomic mass is 10.2. The number of nitrogens with zero attached hydrogens (tertiary/aromatic N) is 2. The molecule has 2 rings (SSSR count). The zero-order valence-electron chi connectivity index (χ0n) is 10.1. The van der Waals surface area contributed by atoms with Gasteiger partial charge in [0.05, 0.1) is 4.92 Å². The van der Waals surface area contributed by atoms with Crippen LogP contribution < -0.4 is 4.74 Å². The van der Waals surface area contributed by atoms with E-state index < -0.39 is 4.92 Å². The summed E-state index contributed by atoms with van der Waals surface area (Å²) in [6.07, 6.45) is 1.67. The Morgan fingerprint density at radius 3 is 2.44 bits per heavy atom. The number of hydrogen-bond donors (Lipinski definition) is 0. The van der Waals surface area contributed by atoms with Crippen molar-refractivity contribution in [3.8, 4) is 11.5 Å². The van der Waals surface area contributed by atoms with E-state index in [2.05, 4.69) is 4.98 Å². The van der Waals surface area contributed by atoms with Crippen LogP contribution in [0.15, 0.2) is 36.5 Å². The molecular formula is C13H12N2O3. The average Bonchev–Trinajstić information content (AvgIpc) is 2.36. The minimum atomic E-state index is -0.439. The SMILES string of the molecule is Cc1nccc(Oc2ccc([N+](=O)[O-])cc2)c1C. The molecule has 1 heterocycles. The number of pyridine rings is 1. The van der Waals surface area contributed by atoms with E-state index in [0.717, 1.165) is 11.3 Å². The van der Waals surface area contributed by atoms with Crippen molar-refractivity contribution in [2.75, 3.05) is 0 Å². The first-order chi connectivity index (χ1) is 8.58. The summed E-state index contributed by atoms with van der Waals surface area (Å²) in [6.45, 7) is 3.82. The van der Waals surface area contributed by atoms with Crippen LogP contribution in [0.1, 0.15) is 11.3 Å². The average molecular weight is 244 g/mol. The van der Waals surface area contributed by atoms with Crippen molar-refractivity contribution in [3.05, 3.63) is 57.9 Å². The quantitative estimate of drug-likeness (QED) is 0.613. The van der Waals surface area contributed by atoms with Gasteiger partial charge in [-0.1, -0.05) is 0 Å². The summed E-state index contributed by atoms with van der Waals surface area (Å²) in [5.41, 5.74) is 1.90. The molecule has 0 saturated carbocycles. The number of aryl methyl sites for hydroxylation is 1. The fraction of sp³-hybridized carbons (Fsp3) is 0.154. The number of hydrogen-bond acceptors (Lipinski definition) is 4. The highest BCUT2D eigenvalue weighted by molar-refractivity contribution is 5.41. The Bertz CT molecular complexity index is 579. The van der Waals surface area contributed by atoms with Gasteiger partial charge >= 0.3 is 0 Å². The molecule has 5 heteroatoms. The number of ether oxygens (including phenoxy) is 1. The molecule has 0 fully saturated rings. The number of nitro groups is 1. The first-order valence-corrected chi connectivity index (χ1v) is 5.42. The first-order valence-electron chi connectivity index (χ1n) is 5.42. The van der Waals surface area contributed by atoms with Gasteiger partial charge in [0, 0.05) is 29.6 Å². The second kappa shape index (κ2) is 4.83. The number of nitro benzene ring substituents is 1. The molecule has 0 spiro atoms. The van der Waals surface area contributed by atoms with Gasteiger partial charge in [-0.3, -0.25) is 15.1 Å². The van der Waals surface area contributed by atoms with Gasteiger partial charge in [0.2, 0.25) is 0 Å². The Kier molecular flexibility index (Phi) is 3.23. The first kappa shape index (κ1) is 12.0. The third kappa shape index (κ3) is 2.45. The third-order valence-corrected chi connectivity index (χ3v) is 2.68. The molecule has 92 valence electrons. The van der Waals surface area contributed by atoms with Crippen LogP contribution in [0, 0.1) is 24.0 Å². The second-order valence-electron chi connectivity index (χ2n) is 3.87. The van der Waals surface area contributed by atoms with Crippen molar-refractivity contribution < 1.29 is 9.66 Å². The zero-order valence-corrected chi connectivity index (χ0v) is 10.1. The highest BCUT2D eigenvalue weighted by atomic mass is 16.6. The van der Waals surface area contributed by atoms with Crippen LogP contribution in [0.4, 0.5) is 5.69 Å². The molecule has 2 aromatic rings. The summed E-state index contributed by atoms with van der Waals surface area (Å²) in [5.74, 6) is 1.27. The van der Waals surface area contributed by atoms with Gasteiger partial charge in [-0.2, -0.15) is 0 Å². The maximum absolute atomic E-state index is 10.5. The van der Waals surface area contributed by atoms with Gasteiger partial charge in [-0.25, -0.2) is 0 Å². The van der Waals surface area contributed by atoms with Gasteiger partial charge in [-0.05, 0) is 32.0 Å². The van der Waals surface area contributed by atoms with Crippen molar-refractivity contribution >= 4 is 5.69 Å². The molecular weight excluding hydrogens is 232 g/mol. The van der Waals surface area contributed by atoms with Crippen LogP contribution in [0.2, 0.25) is 0 Å². The van der Waals surface area contributed by atoms with Crippen molar-refractivity contribution in [2.45, 2.75) is 13.8 Å². The van der Waals surface area contributed by atoms with E-state index in [4.69, 9.17) is 4.74 Å². The Morgan fingerprint density at radius 2 is 1.83 bits per heavy atom. The molecule has 0 bridgehead atoms. The molecule has 0 aliphatic carbocycles. The van der Waals surface area contributed by atoms with E-state index in [1.165, 1.54) is 12.1 Å². The topological polar surface area (TPSA) is 65.3 Å². The molecule has 18 heavy (non-hydrogen) atoms. The van der Waals surface area contributed by atoms with Crippen LogP contribution in [-0.4, -0.2) is 9.91 Å². The monoisotopic (exact) mass is 244 g/mol. The number of aromatic nitrogens is 1. The van der Waals surface area contributed by atoms with Crippen molar-refractivity contribution in [1.29, 1.82) is 0 Å². The molecule has 0 aliphatic rings. The van der Waals surface area contributed by atoms with E-state index in [-0.39, 0.29) is 5.69 Å². The normalized spacial score (nSPS) is 10.1. The van der Waals surface area contributed by atoms with Crippen molar-refractivity contribution in [1.82, 2.24) is 4.98 Å². The number of benzene rings is 1. The highest BCUT2D eigenvalue weighted by Crippen LogP contribution is 2.26. The van der Waals surface area contributed by atoms with Gasteiger partial charge in [0.25, 0.3) is 5.69 Å². The lowest BCUT2D eigenvalue weighted by Crippen LogP contribution is -1.93. The summed E-state index contributed by atoms with van der Waals surface area (Å²) in [6, 6.07) is 7.75. The number of non-ortho nitro benzene ring substituents is 1. The van der Waals surface area contributed by atoms with E-state index in [1.807, 2.05) is 13.8 Å². The smallest absolute Gasteiger partial charge is 0.269 e. The summed E-state index contributed by atoms with van der Waals surface area (Å²) >= 11 is 0. The summed E-state index contributed by atoms with van der Waals surface area (Å²) in [4.78, 5) is 14.2. The highest BCUT2D eigenvalue weighted by Gasteiger charge is 2.07. The van der Waals surface area contributed by atoms with Crippen molar-refractivity contribution in [2.24, 2.45) is 0 Å².